The first-order chi connectivity index (χ1) is 14.0. The van der Waals surface area contributed by atoms with E-state index >= 15 is 0 Å². The number of carbonyl (C=O) groups is 2. The molecule has 4 rings (SSSR count). The molecule has 0 bridgehead atoms. The van der Waals surface area contributed by atoms with Crippen LogP contribution in [-0.2, 0) is 9.59 Å². The molecule has 1 N–H and O–H groups in total. The van der Waals surface area contributed by atoms with E-state index in [2.05, 4.69) is 15.9 Å². The highest BCUT2D eigenvalue weighted by atomic mass is 79.9. The summed E-state index contributed by atoms with van der Waals surface area (Å²) < 4.78 is 11.6. The predicted molar refractivity (Wildman–Crippen MR) is 111 cm³/mol. The number of amides is 1. The van der Waals surface area contributed by atoms with Gasteiger partial charge >= 0.3 is 0 Å². The molecule has 0 spiro atoms. The van der Waals surface area contributed by atoms with E-state index in [1.807, 2.05) is 0 Å². The minimum absolute atomic E-state index is 0.0323. The van der Waals surface area contributed by atoms with E-state index in [0.29, 0.717) is 22.8 Å². The van der Waals surface area contributed by atoms with Gasteiger partial charge in [0, 0.05) is 21.8 Å². The third-order valence-corrected chi connectivity index (χ3v) is 5.23. The molecule has 3 aromatic rings. The van der Waals surface area contributed by atoms with E-state index in [4.69, 9.17) is 9.15 Å². The van der Waals surface area contributed by atoms with Gasteiger partial charge in [-0.25, -0.2) is 0 Å². The number of nitrogens with zero attached hydrogens (tertiary/aromatic N) is 1. The first-order valence-corrected chi connectivity index (χ1v) is 9.55. The van der Waals surface area contributed by atoms with Crippen molar-refractivity contribution in [3.8, 4) is 5.75 Å². The second kappa shape index (κ2) is 7.60. The van der Waals surface area contributed by atoms with Gasteiger partial charge in [0.2, 0.25) is 0 Å². The Hall–Kier alpha value is -3.32. The Balaban J connectivity index is 1.91. The molecule has 1 amide bonds. The fraction of sp³-hybridized carbons (Fsp3) is 0.0909. The van der Waals surface area contributed by atoms with Crippen molar-refractivity contribution < 1.29 is 23.8 Å². The zero-order valence-corrected chi connectivity index (χ0v) is 16.9. The Labute approximate surface area is 175 Å². The van der Waals surface area contributed by atoms with Gasteiger partial charge in [-0.15, -0.1) is 0 Å². The SMILES string of the molecule is COc1cccc(N2C(=O)C(=O)/C(=C(\O)c3ccc(Br)cc3)C2c2ccco2)c1. The maximum atomic E-state index is 13.0. The average molecular weight is 454 g/mol. The van der Waals surface area contributed by atoms with Crippen LogP contribution in [0.4, 0.5) is 5.69 Å². The van der Waals surface area contributed by atoms with E-state index in [0.717, 1.165) is 4.47 Å². The highest BCUT2D eigenvalue weighted by molar-refractivity contribution is 9.10. The number of furan rings is 1. The van der Waals surface area contributed by atoms with Crippen molar-refractivity contribution in [2.45, 2.75) is 6.04 Å². The van der Waals surface area contributed by atoms with Gasteiger partial charge in [0.05, 0.1) is 18.9 Å². The predicted octanol–water partition coefficient (Wildman–Crippen LogP) is 4.68. The van der Waals surface area contributed by atoms with Crippen LogP contribution >= 0.6 is 15.9 Å². The van der Waals surface area contributed by atoms with Crippen molar-refractivity contribution in [1.29, 1.82) is 0 Å². The fourth-order valence-corrected chi connectivity index (χ4v) is 3.60. The monoisotopic (exact) mass is 453 g/mol. The number of rotatable bonds is 4. The summed E-state index contributed by atoms with van der Waals surface area (Å²) in [6.07, 6.45) is 1.46. The maximum Gasteiger partial charge on any atom is 0.300 e. The number of hydrogen-bond donors (Lipinski definition) is 1. The lowest BCUT2D eigenvalue weighted by molar-refractivity contribution is -0.132. The summed E-state index contributed by atoms with van der Waals surface area (Å²) in [4.78, 5) is 27.2. The van der Waals surface area contributed by atoms with Gasteiger partial charge in [0.1, 0.15) is 23.3 Å². The molecule has 1 aromatic heterocycles. The van der Waals surface area contributed by atoms with Crippen LogP contribution in [0.5, 0.6) is 5.75 Å². The van der Waals surface area contributed by atoms with Gasteiger partial charge in [-0.1, -0.05) is 34.1 Å². The number of aliphatic hydroxyl groups excluding tert-OH is 1. The number of anilines is 1. The molecule has 1 aliphatic rings. The highest BCUT2D eigenvalue weighted by Crippen LogP contribution is 2.42. The molecule has 146 valence electrons. The Kier molecular flexibility index (Phi) is 4.98. The Morgan fingerprint density at radius 3 is 2.52 bits per heavy atom. The third-order valence-electron chi connectivity index (χ3n) is 4.71. The molecule has 2 heterocycles. The summed E-state index contributed by atoms with van der Waals surface area (Å²) in [6.45, 7) is 0. The molecule has 0 aliphatic carbocycles. The smallest absolute Gasteiger partial charge is 0.300 e. The van der Waals surface area contributed by atoms with Crippen molar-refractivity contribution in [2.75, 3.05) is 12.0 Å². The highest BCUT2D eigenvalue weighted by Gasteiger charge is 2.48. The van der Waals surface area contributed by atoms with E-state index in [1.54, 1.807) is 60.7 Å². The molecule has 1 fully saturated rings. The molecular formula is C22H16BrNO5. The zero-order chi connectivity index (χ0) is 20.5. The summed E-state index contributed by atoms with van der Waals surface area (Å²) in [5.41, 5.74) is 0.853. The van der Waals surface area contributed by atoms with Gasteiger partial charge in [-0.05, 0) is 36.4 Å². The van der Waals surface area contributed by atoms with Gasteiger partial charge < -0.3 is 14.3 Å². The number of methoxy groups -OCH3 is 1. The van der Waals surface area contributed by atoms with E-state index in [9.17, 15) is 14.7 Å². The molecule has 1 aliphatic heterocycles. The second-order valence-electron chi connectivity index (χ2n) is 6.39. The topological polar surface area (TPSA) is 80.0 Å². The fourth-order valence-electron chi connectivity index (χ4n) is 3.34. The molecule has 1 saturated heterocycles. The van der Waals surface area contributed by atoms with Crippen molar-refractivity contribution in [3.05, 3.63) is 88.3 Å². The van der Waals surface area contributed by atoms with E-state index in [-0.39, 0.29) is 11.3 Å². The summed E-state index contributed by atoms with van der Waals surface area (Å²) in [6, 6.07) is 16.1. The lowest BCUT2D eigenvalue weighted by Gasteiger charge is -2.23. The number of carbonyl (C=O) groups excluding carboxylic acids is 2. The molecule has 7 heteroatoms. The second-order valence-corrected chi connectivity index (χ2v) is 7.31. The van der Waals surface area contributed by atoms with Crippen molar-refractivity contribution in [3.63, 3.8) is 0 Å². The van der Waals surface area contributed by atoms with Crippen LogP contribution in [0.3, 0.4) is 0 Å². The number of ketones is 1. The summed E-state index contributed by atoms with van der Waals surface area (Å²) in [7, 11) is 1.52. The third kappa shape index (κ3) is 3.34. The molecule has 1 unspecified atom stereocenters. The molecule has 29 heavy (non-hydrogen) atoms. The first-order valence-electron chi connectivity index (χ1n) is 8.75. The van der Waals surface area contributed by atoms with Crippen molar-refractivity contribution in [1.82, 2.24) is 0 Å². The Morgan fingerprint density at radius 2 is 1.86 bits per heavy atom. The zero-order valence-electron chi connectivity index (χ0n) is 15.3. The minimum atomic E-state index is -0.902. The summed E-state index contributed by atoms with van der Waals surface area (Å²) in [5, 5.41) is 10.9. The van der Waals surface area contributed by atoms with E-state index in [1.165, 1.54) is 18.3 Å². The normalized spacial score (nSPS) is 18.3. The van der Waals surface area contributed by atoms with E-state index < -0.39 is 17.7 Å². The van der Waals surface area contributed by atoms with Gasteiger partial charge in [-0.2, -0.15) is 0 Å². The lowest BCUT2D eigenvalue weighted by Crippen LogP contribution is -2.29. The number of hydrogen-bond acceptors (Lipinski definition) is 5. The molecule has 2 aromatic carbocycles. The number of halogens is 1. The van der Waals surface area contributed by atoms with Crippen molar-refractivity contribution in [2.24, 2.45) is 0 Å². The van der Waals surface area contributed by atoms with Crippen LogP contribution in [0.15, 0.2) is 81.4 Å². The van der Waals surface area contributed by atoms with Crippen LogP contribution in [-0.4, -0.2) is 23.9 Å². The van der Waals surface area contributed by atoms with Crippen LogP contribution in [0.25, 0.3) is 5.76 Å². The number of benzene rings is 2. The van der Waals surface area contributed by atoms with Crippen LogP contribution in [0.2, 0.25) is 0 Å². The van der Waals surface area contributed by atoms with Crippen molar-refractivity contribution >= 4 is 39.1 Å². The van der Waals surface area contributed by atoms with Gasteiger partial charge in [-0.3, -0.25) is 14.5 Å². The average Bonchev–Trinajstić information content (AvgIpc) is 3.35. The molecule has 0 saturated carbocycles. The largest absolute Gasteiger partial charge is 0.507 e. The molecular weight excluding hydrogens is 438 g/mol. The molecule has 6 nitrogen and oxygen atoms in total. The van der Waals surface area contributed by atoms with Crippen LogP contribution < -0.4 is 9.64 Å². The lowest BCUT2D eigenvalue weighted by atomic mass is 9.99. The maximum absolute atomic E-state index is 13.0. The Morgan fingerprint density at radius 1 is 1.10 bits per heavy atom. The number of aliphatic hydroxyl groups is 1. The Bertz CT molecular complexity index is 1100. The number of Topliss-reactive ketones (excluding diaryl/α,β-unsaturated/α-hetero) is 1. The van der Waals surface area contributed by atoms with Crippen LogP contribution in [0.1, 0.15) is 17.4 Å². The van der Waals surface area contributed by atoms with Gasteiger partial charge in [0.15, 0.2) is 0 Å². The number of ether oxygens (including phenoxy) is 1. The van der Waals surface area contributed by atoms with Crippen LogP contribution in [0, 0.1) is 0 Å². The minimum Gasteiger partial charge on any atom is -0.507 e. The molecule has 1 atom stereocenters. The molecule has 0 radical (unpaired) electrons. The quantitative estimate of drug-likeness (QED) is 0.352. The standard InChI is InChI=1S/C22H16BrNO5/c1-28-16-5-2-4-15(12-16)24-19(17-6-3-11-29-17)18(21(26)22(24)27)20(25)13-7-9-14(23)10-8-13/h2-12,19,25H,1H3/b20-18-. The summed E-state index contributed by atoms with van der Waals surface area (Å²) in [5.74, 6) is -0.892. The first kappa shape index (κ1) is 19.0. The van der Waals surface area contributed by atoms with Gasteiger partial charge in [0.25, 0.3) is 11.7 Å². The summed E-state index contributed by atoms with van der Waals surface area (Å²) >= 11 is 3.34.